The zero-order valence-corrected chi connectivity index (χ0v) is 24.2. The van der Waals surface area contributed by atoms with Gasteiger partial charge in [0.2, 0.25) is 0 Å². The number of halogens is 1. The van der Waals surface area contributed by atoms with Gasteiger partial charge in [-0.25, -0.2) is 9.37 Å². The van der Waals surface area contributed by atoms with E-state index in [4.69, 9.17) is 0 Å². The summed E-state index contributed by atoms with van der Waals surface area (Å²) in [6.07, 6.45) is 5.55. The number of hydrogen-bond acceptors (Lipinski definition) is 5. The van der Waals surface area contributed by atoms with E-state index in [1.165, 1.54) is 17.2 Å². The minimum atomic E-state index is -0.252. The Balaban J connectivity index is 0.000000205. The van der Waals surface area contributed by atoms with Crippen molar-refractivity contribution in [3.05, 3.63) is 94.0 Å². The van der Waals surface area contributed by atoms with Crippen LogP contribution in [0.4, 0.5) is 4.39 Å². The Morgan fingerprint density at radius 2 is 1.84 bits per heavy atom. The van der Waals surface area contributed by atoms with Crippen LogP contribution < -0.4 is 10.9 Å². The van der Waals surface area contributed by atoms with Crippen LogP contribution >= 0.6 is 0 Å². The Hall–Kier alpha value is -1.81. The minimum Gasteiger partial charge on any atom is -0.662 e. The fourth-order valence-corrected chi connectivity index (χ4v) is 4.83. The molecule has 1 radical (unpaired) electrons. The molecule has 0 spiro atoms. The number of benzene rings is 2. The molecular weight excluding hydrogens is 546 g/mol. The molecule has 2 aliphatic heterocycles. The number of hydrogen-bond donors (Lipinski definition) is 2. The third-order valence-electron chi connectivity index (χ3n) is 7.01. The molecule has 2 aliphatic rings. The van der Waals surface area contributed by atoms with E-state index in [1.807, 2.05) is 43.4 Å². The molecule has 2 fully saturated rings. The Kier molecular flexibility index (Phi) is 12.0. The van der Waals surface area contributed by atoms with Crippen molar-refractivity contribution < 1.29 is 42.3 Å². The van der Waals surface area contributed by atoms with Crippen molar-refractivity contribution in [2.45, 2.75) is 44.3 Å². The Bertz CT molecular complexity index is 1160. The topological polar surface area (TPSA) is 84.5 Å². The summed E-state index contributed by atoms with van der Waals surface area (Å²) >= 11 is 0. The largest absolute Gasteiger partial charge is 0.662 e. The van der Waals surface area contributed by atoms with E-state index in [1.54, 1.807) is 23.0 Å². The molecule has 3 heterocycles. The van der Waals surface area contributed by atoms with Crippen molar-refractivity contribution in [1.29, 1.82) is 0 Å². The number of rotatable bonds is 5. The quantitative estimate of drug-likeness (QED) is 0.459. The van der Waals surface area contributed by atoms with Crippen molar-refractivity contribution in [1.82, 2.24) is 19.9 Å². The molecule has 9 heteroatoms. The molecule has 2 N–H and O–H groups in total. The molecule has 37 heavy (non-hydrogen) atoms. The van der Waals surface area contributed by atoms with E-state index in [0.29, 0.717) is 18.5 Å². The van der Waals surface area contributed by atoms with Crippen molar-refractivity contribution in [2.24, 2.45) is 5.92 Å². The second-order valence-corrected chi connectivity index (χ2v) is 9.49. The molecule has 195 valence electrons. The van der Waals surface area contributed by atoms with Crippen LogP contribution in [0.25, 0.3) is 16.6 Å². The third kappa shape index (κ3) is 8.60. The number of hydroxylamine groups is 2. The fourth-order valence-electron chi connectivity index (χ4n) is 4.83. The van der Waals surface area contributed by atoms with E-state index in [9.17, 15) is 14.4 Å². The molecule has 0 amide bonds. The van der Waals surface area contributed by atoms with Gasteiger partial charge in [0.25, 0.3) is 5.56 Å². The van der Waals surface area contributed by atoms with Crippen LogP contribution in [0.3, 0.4) is 0 Å². The van der Waals surface area contributed by atoms with Gasteiger partial charge in [-0.2, -0.15) is 5.06 Å². The second kappa shape index (κ2) is 15.0. The molecular formula is C28H35FN5O2Y-. The normalized spacial score (nSPS) is 20.4. The van der Waals surface area contributed by atoms with Gasteiger partial charge >= 0.3 is 0 Å². The Morgan fingerprint density at radius 1 is 1.08 bits per heavy atom. The van der Waals surface area contributed by atoms with Gasteiger partial charge in [-0.15, -0.1) is 13.1 Å². The van der Waals surface area contributed by atoms with E-state index < -0.39 is 0 Å². The van der Waals surface area contributed by atoms with E-state index >= 15 is 0 Å². The zero-order chi connectivity index (χ0) is 25.3. The van der Waals surface area contributed by atoms with Crippen LogP contribution in [0, 0.1) is 11.7 Å². The Labute approximate surface area is 243 Å². The summed E-state index contributed by atoms with van der Waals surface area (Å²) < 4.78 is 14.8. The van der Waals surface area contributed by atoms with Gasteiger partial charge < -0.3 is 15.8 Å². The smallest absolute Gasteiger partial charge is 0.253 e. The zero-order valence-electron chi connectivity index (χ0n) is 21.3. The van der Waals surface area contributed by atoms with Gasteiger partial charge in [-0.05, 0) is 43.5 Å². The number of nitrogens with zero attached hydrogens (tertiary/aromatic N) is 4. The summed E-state index contributed by atoms with van der Waals surface area (Å²) in [7, 11) is 1.92. The first-order valence-electron chi connectivity index (χ1n) is 12.7. The Morgan fingerprint density at radius 3 is 2.51 bits per heavy atom. The fraction of sp³-hybridized carbons (Fsp3) is 0.429. The molecule has 0 saturated carbocycles. The van der Waals surface area contributed by atoms with Crippen LogP contribution in [0.5, 0.6) is 0 Å². The van der Waals surface area contributed by atoms with Crippen molar-refractivity contribution in [2.75, 3.05) is 26.7 Å². The van der Waals surface area contributed by atoms with Crippen molar-refractivity contribution >= 4 is 0 Å². The first-order chi connectivity index (χ1) is 17.5. The molecule has 2 unspecified atom stereocenters. The van der Waals surface area contributed by atoms with Crippen LogP contribution in [0.1, 0.15) is 37.3 Å². The molecule has 7 nitrogen and oxygen atoms in total. The van der Waals surface area contributed by atoms with Gasteiger partial charge in [0.05, 0.1) is 18.1 Å². The van der Waals surface area contributed by atoms with Gasteiger partial charge in [-0.1, -0.05) is 55.3 Å². The minimum absolute atomic E-state index is 0. The van der Waals surface area contributed by atoms with E-state index in [-0.39, 0.29) is 50.1 Å². The molecule has 0 aliphatic carbocycles. The molecule has 2 saturated heterocycles. The standard InChI is InChI=1S/C16H18N3O.C12H17FN2O.Y/c20-16-10-15(14-4-2-1-3-5-14)18-12-19(16)11-13-6-8-17-9-7-13;1-14-11-5-6-15(16)12(8-11)9-3-2-4-10(13)7-9;/h1-5,10,12-13H,6-9,11H2;2-4,7,11-12,14,16H,5-6,8H2,1H3;/q-1;;. The summed E-state index contributed by atoms with van der Waals surface area (Å²) in [4.78, 5) is 16.6. The SMILES string of the molecule is CNC1CCN(O)C(c2cccc(F)c2)C1.O=c1cc(-c2ccccc2)ncn1CC1CC[N-]CC1.[Y]. The molecule has 3 aromatic rings. The second-order valence-electron chi connectivity index (χ2n) is 9.49. The maximum Gasteiger partial charge on any atom is 0.253 e. The van der Waals surface area contributed by atoms with Gasteiger partial charge in [0, 0.05) is 63.5 Å². The number of piperidine rings is 2. The summed E-state index contributed by atoms with van der Waals surface area (Å²) in [6.45, 7) is 3.23. The maximum atomic E-state index is 13.1. The molecule has 2 atom stereocenters. The summed E-state index contributed by atoms with van der Waals surface area (Å²) in [5, 5.41) is 18.7. The molecule has 0 bridgehead atoms. The molecule has 1 aromatic heterocycles. The average molecular weight is 582 g/mol. The maximum absolute atomic E-state index is 13.1. The van der Waals surface area contributed by atoms with Crippen LogP contribution in [-0.2, 0) is 39.3 Å². The number of aromatic nitrogens is 2. The van der Waals surface area contributed by atoms with Crippen LogP contribution in [0.15, 0.2) is 71.8 Å². The average Bonchev–Trinajstić information content (AvgIpc) is 2.91. The first kappa shape index (κ1) is 29.7. The monoisotopic (exact) mass is 581 g/mol. The first-order valence-corrected chi connectivity index (χ1v) is 12.7. The number of nitrogens with one attached hydrogen (secondary N) is 1. The summed E-state index contributed by atoms with van der Waals surface area (Å²) in [6, 6.07) is 18.2. The van der Waals surface area contributed by atoms with Gasteiger partial charge in [0.1, 0.15) is 5.82 Å². The van der Waals surface area contributed by atoms with E-state index in [2.05, 4.69) is 15.6 Å². The van der Waals surface area contributed by atoms with Gasteiger partial charge in [-0.3, -0.25) is 9.36 Å². The summed E-state index contributed by atoms with van der Waals surface area (Å²) in [5.74, 6) is 0.298. The molecule has 5 rings (SSSR count). The van der Waals surface area contributed by atoms with Crippen molar-refractivity contribution in [3.8, 4) is 11.3 Å². The third-order valence-corrected chi connectivity index (χ3v) is 7.01. The van der Waals surface area contributed by atoms with E-state index in [0.717, 1.165) is 62.1 Å². The van der Waals surface area contributed by atoms with Crippen molar-refractivity contribution in [3.63, 3.8) is 0 Å². The van der Waals surface area contributed by atoms with Gasteiger partial charge in [0.15, 0.2) is 0 Å². The van der Waals surface area contributed by atoms with Crippen LogP contribution in [0.2, 0.25) is 0 Å². The molecule has 2 aromatic carbocycles. The summed E-state index contributed by atoms with van der Waals surface area (Å²) in [5.41, 5.74) is 2.59. The predicted molar refractivity (Wildman–Crippen MR) is 139 cm³/mol. The van der Waals surface area contributed by atoms with Crippen LogP contribution in [-0.4, -0.2) is 52.5 Å². The predicted octanol–water partition coefficient (Wildman–Crippen LogP) is 4.63.